The number of nitrogens with zero attached hydrogens (tertiary/aromatic N) is 1. The molecule has 1 atom stereocenters. The summed E-state index contributed by atoms with van der Waals surface area (Å²) in [5.74, 6) is 0.582. The Morgan fingerprint density at radius 2 is 2.00 bits per heavy atom. The molecule has 0 amide bonds. The van der Waals surface area contributed by atoms with E-state index in [1.54, 1.807) is 0 Å². The average molecular weight is 266 g/mol. The molecule has 1 aliphatic heterocycles. The number of hydrogen-bond acceptors (Lipinski definition) is 2. The van der Waals surface area contributed by atoms with Crippen LogP contribution in [0.2, 0.25) is 0 Å². The summed E-state index contributed by atoms with van der Waals surface area (Å²) < 4.78 is 0. The van der Waals surface area contributed by atoms with Crippen LogP contribution in [0.3, 0.4) is 0 Å². The van der Waals surface area contributed by atoms with Crippen molar-refractivity contribution in [1.29, 1.82) is 0 Å². The lowest BCUT2D eigenvalue weighted by molar-refractivity contribution is 0.454. The number of aryl methyl sites for hydroxylation is 1. The van der Waals surface area contributed by atoms with E-state index in [0.717, 1.165) is 25.2 Å². The molecule has 1 saturated heterocycles. The van der Waals surface area contributed by atoms with Gasteiger partial charge in [-0.1, -0.05) is 30.3 Å². The first-order valence-electron chi connectivity index (χ1n) is 7.53. The third kappa shape index (κ3) is 3.26. The summed E-state index contributed by atoms with van der Waals surface area (Å²) in [4.78, 5) is 4.76. The SMILES string of the molecule is Cc1cc(Cc2ccccc2)cc([C@H]2CCCNC2)n1. The highest BCUT2D eigenvalue weighted by molar-refractivity contribution is 5.29. The Morgan fingerprint density at radius 3 is 2.75 bits per heavy atom. The first-order chi connectivity index (χ1) is 9.81. The first-order valence-corrected chi connectivity index (χ1v) is 7.53. The fraction of sp³-hybridized carbons (Fsp3) is 0.389. The van der Waals surface area contributed by atoms with Gasteiger partial charge in [-0.25, -0.2) is 0 Å². The fourth-order valence-corrected chi connectivity index (χ4v) is 3.02. The zero-order chi connectivity index (χ0) is 13.8. The van der Waals surface area contributed by atoms with Crippen LogP contribution in [0.25, 0.3) is 0 Å². The van der Waals surface area contributed by atoms with Crippen LogP contribution in [0.4, 0.5) is 0 Å². The summed E-state index contributed by atoms with van der Waals surface area (Å²) in [6.07, 6.45) is 3.51. The molecule has 0 spiro atoms. The summed E-state index contributed by atoms with van der Waals surface area (Å²) >= 11 is 0. The van der Waals surface area contributed by atoms with Gasteiger partial charge in [0.15, 0.2) is 0 Å². The number of piperidine rings is 1. The maximum absolute atomic E-state index is 4.76. The Balaban J connectivity index is 1.82. The van der Waals surface area contributed by atoms with Crippen molar-refractivity contribution in [1.82, 2.24) is 10.3 Å². The molecule has 1 aliphatic rings. The molecule has 0 unspecified atom stereocenters. The number of rotatable bonds is 3. The Labute approximate surface area is 121 Å². The summed E-state index contributed by atoms with van der Waals surface area (Å²) in [7, 11) is 0. The maximum Gasteiger partial charge on any atom is 0.0453 e. The second-order valence-electron chi connectivity index (χ2n) is 5.75. The van der Waals surface area contributed by atoms with Crippen LogP contribution in [0.1, 0.15) is 41.3 Å². The smallest absolute Gasteiger partial charge is 0.0453 e. The molecule has 0 bridgehead atoms. The molecule has 2 heteroatoms. The van der Waals surface area contributed by atoms with E-state index in [1.165, 1.54) is 29.7 Å². The molecule has 2 nitrogen and oxygen atoms in total. The van der Waals surface area contributed by atoms with Crippen molar-refractivity contribution in [2.45, 2.75) is 32.1 Å². The molecule has 20 heavy (non-hydrogen) atoms. The summed E-state index contributed by atoms with van der Waals surface area (Å²) in [5.41, 5.74) is 5.15. The van der Waals surface area contributed by atoms with Gasteiger partial charge in [-0.05, 0) is 56.0 Å². The van der Waals surface area contributed by atoms with Gasteiger partial charge in [0.2, 0.25) is 0 Å². The Hall–Kier alpha value is -1.67. The van der Waals surface area contributed by atoms with E-state index >= 15 is 0 Å². The zero-order valence-electron chi connectivity index (χ0n) is 12.1. The van der Waals surface area contributed by atoms with E-state index < -0.39 is 0 Å². The van der Waals surface area contributed by atoms with E-state index in [-0.39, 0.29) is 0 Å². The van der Waals surface area contributed by atoms with Crippen molar-refractivity contribution in [3.8, 4) is 0 Å². The lowest BCUT2D eigenvalue weighted by Gasteiger charge is -2.23. The second-order valence-corrected chi connectivity index (χ2v) is 5.75. The molecule has 3 rings (SSSR count). The van der Waals surface area contributed by atoms with Crippen LogP contribution in [0, 0.1) is 6.92 Å². The maximum atomic E-state index is 4.76. The molecule has 1 fully saturated rings. The average Bonchev–Trinajstić information content (AvgIpc) is 2.49. The van der Waals surface area contributed by atoms with Crippen molar-refractivity contribution in [3.63, 3.8) is 0 Å². The molecule has 1 N–H and O–H groups in total. The van der Waals surface area contributed by atoms with Gasteiger partial charge in [0.1, 0.15) is 0 Å². The van der Waals surface area contributed by atoms with Crippen LogP contribution >= 0.6 is 0 Å². The molecule has 1 aromatic carbocycles. The van der Waals surface area contributed by atoms with E-state index in [4.69, 9.17) is 4.98 Å². The molecule has 104 valence electrons. The van der Waals surface area contributed by atoms with Gasteiger partial charge in [0.05, 0.1) is 0 Å². The van der Waals surface area contributed by atoms with E-state index in [1.807, 2.05) is 0 Å². The highest BCUT2D eigenvalue weighted by Crippen LogP contribution is 2.23. The highest BCUT2D eigenvalue weighted by atomic mass is 14.9. The molecule has 1 aromatic heterocycles. The van der Waals surface area contributed by atoms with E-state index in [9.17, 15) is 0 Å². The van der Waals surface area contributed by atoms with Gasteiger partial charge in [0, 0.05) is 23.9 Å². The number of benzene rings is 1. The third-order valence-corrected chi connectivity index (χ3v) is 4.00. The lowest BCUT2D eigenvalue weighted by Crippen LogP contribution is -2.29. The van der Waals surface area contributed by atoms with Gasteiger partial charge in [-0.2, -0.15) is 0 Å². The largest absolute Gasteiger partial charge is 0.316 e. The quantitative estimate of drug-likeness (QED) is 0.920. The van der Waals surface area contributed by atoms with Crippen molar-refractivity contribution in [2.75, 3.05) is 13.1 Å². The minimum Gasteiger partial charge on any atom is -0.316 e. The van der Waals surface area contributed by atoms with Crippen LogP contribution in [-0.2, 0) is 6.42 Å². The Morgan fingerprint density at radius 1 is 1.15 bits per heavy atom. The second kappa shape index (κ2) is 6.19. The van der Waals surface area contributed by atoms with Crippen molar-refractivity contribution < 1.29 is 0 Å². The van der Waals surface area contributed by atoms with Gasteiger partial charge in [0.25, 0.3) is 0 Å². The molecule has 0 saturated carbocycles. The number of hydrogen-bond donors (Lipinski definition) is 1. The van der Waals surface area contributed by atoms with Crippen LogP contribution < -0.4 is 5.32 Å². The molecule has 0 aliphatic carbocycles. The van der Waals surface area contributed by atoms with E-state index in [0.29, 0.717) is 5.92 Å². The zero-order valence-corrected chi connectivity index (χ0v) is 12.1. The standard InChI is InChI=1S/C18H22N2/c1-14-10-16(11-15-6-3-2-4-7-15)12-18(20-14)17-8-5-9-19-13-17/h2-4,6-7,10,12,17,19H,5,8-9,11,13H2,1H3/t17-/m0/s1. The van der Waals surface area contributed by atoms with Crippen LogP contribution in [-0.4, -0.2) is 18.1 Å². The van der Waals surface area contributed by atoms with E-state index in [2.05, 4.69) is 54.7 Å². The minimum atomic E-state index is 0.582. The third-order valence-electron chi connectivity index (χ3n) is 4.00. The summed E-state index contributed by atoms with van der Waals surface area (Å²) in [6.45, 7) is 4.33. The monoisotopic (exact) mass is 266 g/mol. The molecule has 2 aromatic rings. The molecular weight excluding hydrogens is 244 g/mol. The highest BCUT2D eigenvalue weighted by Gasteiger charge is 2.17. The van der Waals surface area contributed by atoms with Crippen molar-refractivity contribution in [2.24, 2.45) is 0 Å². The van der Waals surface area contributed by atoms with Gasteiger partial charge < -0.3 is 5.32 Å². The predicted molar refractivity (Wildman–Crippen MR) is 83.1 cm³/mol. The molecular formula is C18H22N2. The van der Waals surface area contributed by atoms with Gasteiger partial charge in [-0.15, -0.1) is 0 Å². The molecule has 0 radical (unpaired) electrons. The first kappa shape index (κ1) is 13.3. The van der Waals surface area contributed by atoms with Gasteiger partial charge >= 0.3 is 0 Å². The van der Waals surface area contributed by atoms with Gasteiger partial charge in [-0.3, -0.25) is 4.98 Å². The Bertz CT molecular complexity index is 557. The summed E-state index contributed by atoms with van der Waals surface area (Å²) in [6, 6.07) is 15.2. The fourth-order valence-electron chi connectivity index (χ4n) is 3.02. The van der Waals surface area contributed by atoms with Crippen LogP contribution in [0.15, 0.2) is 42.5 Å². The number of nitrogens with one attached hydrogen (secondary N) is 1. The number of aromatic nitrogens is 1. The minimum absolute atomic E-state index is 0.582. The number of pyridine rings is 1. The molecule has 2 heterocycles. The Kier molecular flexibility index (Phi) is 4.12. The topological polar surface area (TPSA) is 24.9 Å². The summed E-state index contributed by atoms with van der Waals surface area (Å²) in [5, 5.41) is 3.48. The lowest BCUT2D eigenvalue weighted by atomic mass is 9.93. The van der Waals surface area contributed by atoms with Crippen molar-refractivity contribution in [3.05, 3.63) is 65.0 Å². The normalized spacial score (nSPS) is 18.9. The van der Waals surface area contributed by atoms with Crippen molar-refractivity contribution >= 4 is 0 Å². The predicted octanol–water partition coefficient (Wildman–Crippen LogP) is 3.45. The van der Waals surface area contributed by atoms with Crippen LogP contribution in [0.5, 0.6) is 0 Å².